The molecule has 2 aliphatic carbocycles. The maximum atomic E-state index is 13.6. The van der Waals surface area contributed by atoms with Crippen LogP contribution < -0.4 is 9.77 Å². The number of nitrogens with one attached hydrogen (secondary N) is 1. The molecule has 2 aromatic heterocycles. The molecule has 3 fully saturated rings. The van der Waals surface area contributed by atoms with Gasteiger partial charge in [-0.3, -0.25) is 24.3 Å². The van der Waals surface area contributed by atoms with E-state index in [-0.39, 0.29) is 57.4 Å². The summed E-state index contributed by atoms with van der Waals surface area (Å²) >= 11 is 8.98. The second-order valence-corrected chi connectivity index (χ2v) is 11.9. The number of halogens is 1. The molecule has 1 N–H and O–H groups in total. The highest BCUT2D eigenvalue weighted by atomic mass is 35.5. The zero-order valence-corrected chi connectivity index (χ0v) is 19.6. The summed E-state index contributed by atoms with van der Waals surface area (Å²) in [5.74, 6) is -0.396. The van der Waals surface area contributed by atoms with Crippen LogP contribution >= 0.6 is 34.7 Å². The first kappa shape index (κ1) is 20.0. The molecule has 4 aliphatic rings. The number of pyridine rings is 1. The number of carbonyl (C=O) groups is 2. The molecule has 2 saturated carbocycles. The number of nitrogens with zero attached hydrogens (tertiary/aromatic N) is 2. The lowest BCUT2D eigenvalue weighted by molar-refractivity contribution is -0.123. The molecule has 2 bridgehead atoms. The fraction of sp³-hybridized carbons (Fsp3) is 0.333. The first-order chi connectivity index (χ1) is 16.0. The molecule has 166 valence electrons. The molecule has 1 saturated heterocycles. The van der Waals surface area contributed by atoms with Gasteiger partial charge in [0.2, 0.25) is 11.8 Å². The van der Waals surface area contributed by atoms with E-state index >= 15 is 0 Å². The molecule has 2 aliphatic heterocycles. The van der Waals surface area contributed by atoms with Gasteiger partial charge in [0.15, 0.2) is 0 Å². The van der Waals surface area contributed by atoms with E-state index in [1.165, 1.54) is 16.2 Å². The van der Waals surface area contributed by atoms with Gasteiger partial charge in [-0.15, -0.1) is 11.8 Å². The molecule has 2 amide bonds. The number of hydrogen-bond acceptors (Lipinski definition) is 6. The molecule has 6 nitrogen and oxygen atoms in total. The first-order valence-corrected chi connectivity index (χ1v) is 13.0. The van der Waals surface area contributed by atoms with Crippen molar-refractivity contribution in [2.45, 2.75) is 22.6 Å². The van der Waals surface area contributed by atoms with Gasteiger partial charge < -0.3 is 4.98 Å². The van der Waals surface area contributed by atoms with Gasteiger partial charge in [-0.1, -0.05) is 29.0 Å². The van der Waals surface area contributed by atoms with Crippen LogP contribution in [0.1, 0.15) is 22.8 Å². The average molecular weight is 496 g/mol. The summed E-state index contributed by atoms with van der Waals surface area (Å²) in [6.45, 7) is 0. The molecule has 4 heterocycles. The SMILES string of the molecule is O=C1C2C3CC(C2C(=O)N1c1ccc(Cl)cc1)C1C(c2cccnc2)c2sc(=O)[nH]c2SC31. The number of thioether (sulfide) groups is 1. The molecule has 7 rings (SSSR count). The van der Waals surface area contributed by atoms with Crippen molar-refractivity contribution in [2.24, 2.45) is 29.6 Å². The molecule has 7 unspecified atom stereocenters. The second kappa shape index (κ2) is 7.04. The molecule has 0 spiro atoms. The summed E-state index contributed by atoms with van der Waals surface area (Å²) in [4.78, 5) is 49.2. The third kappa shape index (κ3) is 2.68. The predicted octanol–water partition coefficient (Wildman–Crippen LogP) is 4.16. The highest BCUT2D eigenvalue weighted by Gasteiger charge is 2.69. The molecule has 1 aromatic carbocycles. The fourth-order valence-electron chi connectivity index (χ4n) is 6.79. The third-order valence-electron chi connectivity index (χ3n) is 7.85. The van der Waals surface area contributed by atoms with Gasteiger partial charge in [-0.05, 0) is 60.1 Å². The highest BCUT2D eigenvalue weighted by molar-refractivity contribution is 8.00. The van der Waals surface area contributed by atoms with E-state index in [9.17, 15) is 14.4 Å². The summed E-state index contributed by atoms with van der Waals surface area (Å²) < 4.78 is 0. The van der Waals surface area contributed by atoms with E-state index in [4.69, 9.17) is 11.6 Å². The number of fused-ring (bicyclic) bond motifs is 9. The minimum atomic E-state index is -0.309. The van der Waals surface area contributed by atoms with E-state index < -0.39 is 0 Å². The first-order valence-electron chi connectivity index (χ1n) is 11.0. The van der Waals surface area contributed by atoms with Crippen LogP contribution in [-0.4, -0.2) is 27.0 Å². The number of hydrogen-bond donors (Lipinski definition) is 1. The molecule has 33 heavy (non-hydrogen) atoms. The van der Waals surface area contributed by atoms with Crippen LogP contribution in [0.5, 0.6) is 0 Å². The molecule has 9 heteroatoms. The number of imide groups is 1. The van der Waals surface area contributed by atoms with Gasteiger partial charge in [-0.25, -0.2) is 0 Å². The molecule has 3 aromatic rings. The van der Waals surface area contributed by atoms with Crippen molar-refractivity contribution in [3.05, 3.63) is 73.9 Å². The summed E-state index contributed by atoms with van der Waals surface area (Å²) in [5.41, 5.74) is 1.66. The largest absolute Gasteiger partial charge is 0.307 e. The van der Waals surface area contributed by atoms with E-state index in [2.05, 4.69) is 16.0 Å². The lowest BCUT2D eigenvalue weighted by atomic mass is 9.68. The van der Waals surface area contributed by atoms with Gasteiger partial charge in [0.05, 0.1) is 22.5 Å². The van der Waals surface area contributed by atoms with Gasteiger partial charge in [-0.2, -0.15) is 0 Å². The number of H-pyrrole nitrogens is 1. The Balaban J connectivity index is 1.33. The Morgan fingerprint density at radius 3 is 2.52 bits per heavy atom. The number of amides is 2. The van der Waals surface area contributed by atoms with Crippen LogP contribution in [0.2, 0.25) is 5.02 Å². The number of aromatic nitrogens is 2. The van der Waals surface area contributed by atoms with Crippen LogP contribution in [0.4, 0.5) is 5.69 Å². The third-order valence-corrected chi connectivity index (χ3v) is 10.7. The average Bonchev–Trinajstić information content (AvgIpc) is 3.54. The fourth-order valence-corrected chi connectivity index (χ4v) is 9.81. The minimum Gasteiger partial charge on any atom is -0.307 e. The zero-order chi connectivity index (χ0) is 22.4. The van der Waals surface area contributed by atoms with Crippen LogP contribution in [-0.2, 0) is 9.59 Å². The maximum Gasteiger partial charge on any atom is 0.305 e. The molecule has 0 radical (unpaired) electrons. The van der Waals surface area contributed by atoms with Crippen LogP contribution in [0.15, 0.2) is 58.6 Å². The van der Waals surface area contributed by atoms with Crippen molar-refractivity contribution in [3.63, 3.8) is 0 Å². The minimum absolute atomic E-state index is 0.00679. The van der Waals surface area contributed by atoms with Gasteiger partial charge in [0.1, 0.15) is 0 Å². The van der Waals surface area contributed by atoms with Gasteiger partial charge in [0, 0.05) is 33.5 Å². The summed E-state index contributed by atoms with van der Waals surface area (Å²) in [7, 11) is 0. The maximum absolute atomic E-state index is 13.6. The lowest BCUT2D eigenvalue weighted by Crippen LogP contribution is -2.42. The van der Waals surface area contributed by atoms with Crippen molar-refractivity contribution in [1.29, 1.82) is 0 Å². The number of benzene rings is 1. The molecule has 7 atom stereocenters. The van der Waals surface area contributed by atoms with Crippen LogP contribution in [0.25, 0.3) is 0 Å². The Kier molecular flexibility index (Phi) is 4.27. The van der Waals surface area contributed by atoms with E-state index in [1.54, 1.807) is 42.2 Å². The second-order valence-electron chi connectivity index (χ2n) is 9.24. The Morgan fingerprint density at radius 2 is 1.79 bits per heavy atom. The quantitative estimate of drug-likeness (QED) is 0.540. The zero-order valence-electron chi connectivity index (χ0n) is 17.2. The summed E-state index contributed by atoms with van der Waals surface area (Å²) in [6, 6.07) is 10.9. The van der Waals surface area contributed by atoms with Gasteiger partial charge in [0.25, 0.3) is 0 Å². The monoisotopic (exact) mass is 495 g/mol. The number of thiazole rings is 1. The Labute approximate surface area is 202 Å². The normalized spacial score (nSPS) is 33.8. The number of rotatable bonds is 2. The number of anilines is 1. The molecular weight excluding hydrogens is 478 g/mol. The van der Waals surface area contributed by atoms with E-state index in [0.29, 0.717) is 10.7 Å². The van der Waals surface area contributed by atoms with Crippen molar-refractivity contribution < 1.29 is 9.59 Å². The van der Waals surface area contributed by atoms with Crippen molar-refractivity contribution in [1.82, 2.24) is 9.97 Å². The Hall–Kier alpha value is -2.42. The predicted molar refractivity (Wildman–Crippen MR) is 127 cm³/mol. The standard InChI is InChI=1S/C24H18ClN3O3S2/c25-11-3-5-12(6-4-11)28-22(29)17-13-8-14(18(17)23(28)30)19-16(13)15(10-2-1-7-26-9-10)20-21(32-19)27-24(31)33-20/h1-7,9,13-19H,8H2,(H,27,31). The van der Waals surface area contributed by atoms with Gasteiger partial charge >= 0.3 is 4.87 Å². The van der Waals surface area contributed by atoms with Crippen LogP contribution in [0.3, 0.4) is 0 Å². The van der Waals surface area contributed by atoms with Crippen molar-refractivity contribution >= 4 is 52.2 Å². The number of carbonyl (C=O) groups excluding carboxylic acids is 2. The van der Waals surface area contributed by atoms with Crippen molar-refractivity contribution in [2.75, 3.05) is 4.90 Å². The molecular formula is C24H18ClN3O3S2. The Morgan fingerprint density at radius 1 is 1.03 bits per heavy atom. The lowest BCUT2D eigenvalue weighted by Gasteiger charge is -2.42. The summed E-state index contributed by atoms with van der Waals surface area (Å²) in [5, 5.41) is 1.66. The Bertz CT molecular complexity index is 1360. The topological polar surface area (TPSA) is 83.1 Å². The van der Waals surface area contributed by atoms with E-state index in [0.717, 1.165) is 21.9 Å². The highest BCUT2D eigenvalue weighted by Crippen LogP contribution is 2.68. The van der Waals surface area contributed by atoms with E-state index in [1.807, 2.05) is 12.3 Å². The van der Waals surface area contributed by atoms with Crippen molar-refractivity contribution in [3.8, 4) is 0 Å². The number of aromatic amines is 1. The van der Waals surface area contributed by atoms with Crippen LogP contribution in [0, 0.1) is 29.6 Å². The summed E-state index contributed by atoms with van der Waals surface area (Å²) in [6.07, 6.45) is 4.50. The smallest absolute Gasteiger partial charge is 0.305 e.